The number of hydrogen-bond acceptors (Lipinski definition) is 4. The molecule has 0 amide bonds. The SMILES string of the molecule is C(=C(c1ccccc1)N1CCOCC1)c1ccc(N2CCOCC2)cc1. The molecule has 2 aromatic rings. The third kappa shape index (κ3) is 4.09. The fraction of sp³-hybridized carbons (Fsp3) is 0.364. The maximum absolute atomic E-state index is 5.53. The molecule has 4 heteroatoms. The van der Waals surface area contributed by atoms with Crippen LogP contribution >= 0.6 is 0 Å². The molecule has 0 unspecified atom stereocenters. The highest BCUT2D eigenvalue weighted by atomic mass is 16.5. The number of rotatable bonds is 4. The Kier molecular flexibility index (Phi) is 5.53. The van der Waals surface area contributed by atoms with Gasteiger partial charge < -0.3 is 19.3 Å². The van der Waals surface area contributed by atoms with Crippen molar-refractivity contribution < 1.29 is 9.47 Å². The lowest BCUT2D eigenvalue weighted by atomic mass is 10.1. The third-order valence-electron chi connectivity index (χ3n) is 4.99. The molecule has 0 radical (unpaired) electrons. The van der Waals surface area contributed by atoms with E-state index in [2.05, 4.69) is 70.5 Å². The molecule has 0 N–H and O–H groups in total. The van der Waals surface area contributed by atoms with Gasteiger partial charge in [0.05, 0.1) is 26.4 Å². The number of benzene rings is 2. The first-order valence-corrected chi connectivity index (χ1v) is 9.43. The van der Waals surface area contributed by atoms with Crippen molar-refractivity contribution in [2.75, 3.05) is 57.5 Å². The van der Waals surface area contributed by atoms with Crippen LogP contribution in [0.15, 0.2) is 54.6 Å². The fourth-order valence-corrected chi connectivity index (χ4v) is 3.53. The second-order valence-electron chi connectivity index (χ2n) is 6.69. The summed E-state index contributed by atoms with van der Waals surface area (Å²) in [5.41, 5.74) is 5.03. The maximum atomic E-state index is 5.53. The predicted molar refractivity (Wildman–Crippen MR) is 106 cm³/mol. The van der Waals surface area contributed by atoms with Gasteiger partial charge in [0.1, 0.15) is 0 Å². The highest BCUT2D eigenvalue weighted by Crippen LogP contribution is 2.25. The van der Waals surface area contributed by atoms with Gasteiger partial charge in [-0.25, -0.2) is 0 Å². The zero-order valence-electron chi connectivity index (χ0n) is 15.1. The molecule has 0 spiro atoms. The van der Waals surface area contributed by atoms with E-state index in [1.807, 2.05) is 0 Å². The molecule has 2 fully saturated rings. The molecule has 0 bridgehead atoms. The van der Waals surface area contributed by atoms with Gasteiger partial charge in [0.25, 0.3) is 0 Å². The number of morpholine rings is 2. The Morgan fingerprint density at radius 2 is 1.35 bits per heavy atom. The molecular weight excluding hydrogens is 324 g/mol. The average Bonchev–Trinajstić information content (AvgIpc) is 2.74. The lowest BCUT2D eigenvalue weighted by molar-refractivity contribution is 0.0642. The van der Waals surface area contributed by atoms with Crippen molar-refractivity contribution in [2.24, 2.45) is 0 Å². The van der Waals surface area contributed by atoms with Gasteiger partial charge in [-0.1, -0.05) is 42.5 Å². The van der Waals surface area contributed by atoms with Gasteiger partial charge in [0.15, 0.2) is 0 Å². The van der Waals surface area contributed by atoms with E-state index in [1.54, 1.807) is 0 Å². The van der Waals surface area contributed by atoms with Gasteiger partial charge in [0, 0.05) is 37.6 Å². The van der Waals surface area contributed by atoms with Crippen molar-refractivity contribution in [1.82, 2.24) is 4.90 Å². The summed E-state index contributed by atoms with van der Waals surface area (Å²) in [5.74, 6) is 0. The van der Waals surface area contributed by atoms with Crippen molar-refractivity contribution in [3.8, 4) is 0 Å². The van der Waals surface area contributed by atoms with Crippen molar-refractivity contribution >= 4 is 17.5 Å². The summed E-state index contributed by atoms with van der Waals surface area (Å²) in [7, 11) is 0. The lowest BCUT2D eigenvalue weighted by Crippen LogP contribution is -2.36. The minimum absolute atomic E-state index is 0.792. The number of anilines is 1. The fourth-order valence-electron chi connectivity index (χ4n) is 3.53. The molecule has 2 aliphatic heterocycles. The van der Waals surface area contributed by atoms with Crippen LogP contribution in [0.4, 0.5) is 5.69 Å². The minimum atomic E-state index is 0.792. The summed E-state index contributed by atoms with van der Waals surface area (Å²) >= 11 is 0. The molecule has 0 aliphatic carbocycles. The van der Waals surface area contributed by atoms with Gasteiger partial charge in [-0.2, -0.15) is 0 Å². The van der Waals surface area contributed by atoms with Crippen LogP contribution in [-0.2, 0) is 9.47 Å². The van der Waals surface area contributed by atoms with Crippen LogP contribution in [-0.4, -0.2) is 57.5 Å². The Balaban J connectivity index is 1.59. The highest BCUT2D eigenvalue weighted by Gasteiger charge is 2.15. The second-order valence-corrected chi connectivity index (χ2v) is 6.69. The van der Waals surface area contributed by atoms with Gasteiger partial charge in [0.2, 0.25) is 0 Å². The normalized spacial score (nSPS) is 18.8. The second kappa shape index (κ2) is 8.39. The Bertz CT molecular complexity index is 716. The van der Waals surface area contributed by atoms with Crippen LogP contribution in [0, 0.1) is 0 Å². The first kappa shape index (κ1) is 17.1. The van der Waals surface area contributed by atoms with Crippen molar-refractivity contribution in [3.63, 3.8) is 0 Å². The molecule has 2 heterocycles. The Hall–Kier alpha value is -2.30. The minimum Gasteiger partial charge on any atom is -0.378 e. The Labute approximate surface area is 155 Å². The standard InChI is InChI=1S/C22H26N2O2/c1-2-4-20(5-3-1)22(24-12-16-26-17-13-24)18-19-6-8-21(9-7-19)23-10-14-25-15-11-23/h1-9,18H,10-17H2. The molecule has 4 nitrogen and oxygen atoms in total. The van der Waals surface area contributed by atoms with E-state index in [4.69, 9.17) is 9.47 Å². The van der Waals surface area contributed by atoms with E-state index < -0.39 is 0 Å². The van der Waals surface area contributed by atoms with E-state index in [1.165, 1.54) is 22.5 Å². The molecule has 0 saturated carbocycles. The number of ether oxygens (including phenoxy) is 2. The van der Waals surface area contributed by atoms with Gasteiger partial charge >= 0.3 is 0 Å². The first-order chi connectivity index (χ1) is 12.9. The van der Waals surface area contributed by atoms with Crippen LogP contribution in [0.1, 0.15) is 11.1 Å². The van der Waals surface area contributed by atoms with Gasteiger partial charge in [-0.05, 0) is 29.3 Å². The van der Waals surface area contributed by atoms with Crippen molar-refractivity contribution in [1.29, 1.82) is 0 Å². The van der Waals surface area contributed by atoms with Gasteiger partial charge in [-0.3, -0.25) is 0 Å². The van der Waals surface area contributed by atoms with Crippen LogP contribution in [0.5, 0.6) is 0 Å². The largest absolute Gasteiger partial charge is 0.378 e. The van der Waals surface area contributed by atoms with Crippen LogP contribution < -0.4 is 4.90 Å². The maximum Gasteiger partial charge on any atom is 0.0642 e. The zero-order chi connectivity index (χ0) is 17.6. The van der Waals surface area contributed by atoms with E-state index in [-0.39, 0.29) is 0 Å². The van der Waals surface area contributed by atoms with Crippen LogP contribution in [0.25, 0.3) is 11.8 Å². The van der Waals surface area contributed by atoms with Crippen LogP contribution in [0.3, 0.4) is 0 Å². The Morgan fingerprint density at radius 3 is 2.00 bits per heavy atom. The molecule has 2 saturated heterocycles. The topological polar surface area (TPSA) is 24.9 Å². The molecule has 4 rings (SSSR count). The van der Waals surface area contributed by atoms with Gasteiger partial charge in [-0.15, -0.1) is 0 Å². The molecule has 0 atom stereocenters. The lowest BCUT2D eigenvalue weighted by Gasteiger charge is -2.31. The third-order valence-corrected chi connectivity index (χ3v) is 4.99. The molecule has 26 heavy (non-hydrogen) atoms. The summed E-state index contributed by atoms with van der Waals surface area (Å²) in [6.07, 6.45) is 2.30. The summed E-state index contributed by atoms with van der Waals surface area (Å²) in [6, 6.07) is 19.5. The van der Waals surface area contributed by atoms with E-state index >= 15 is 0 Å². The van der Waals surface area contributed by atoms with E-state index in [0.29, 0.717) is 0 Å². The van der Waals surface area contributed by atoms with Crippen LogP contribution in [0.2, 0.25) is 0 Å². The average molecular weight is 350 g/mol. The monoisotopic (exact) mass is 350 g/mol. The number of nitrogens with zero attached hydrogens (tertiary/aromatic N) is 2. The first-order valence-electron chi connectivity index (χ1n) is 9.43. The molecular formula is C22H26N2O2. The molecule has 136 valence electrons. The molecule has 2 aromatic carbocycles. The summed E-state index contributed by atoms with van der Waals surface area (Å²) < 4.78 is 11.0. The molecule has 0 aromatic heterocycles. The quantitative estimate of drug-likeness (QED) is 0.790. The number of hydrogen-bond donors (Lipinski definition) is 0. The predicted octanol–water partition coefficient (Wildman–Crippen LogP) is 3.35. The Morgan fingerprint density at radius 1 is 0.731 bits per heavy atom. The highest BCUT2D eigenvalue weighted by molar-refractivity contribution is 5.80. The van der Waals surface area contributed by atoms with Crippen molar-refractivity contribution in [2.45, 2.75) is 0 Å². The summed E-state index contributed by atoms with van der Waals surface area (Å²) in [5, 5.41) is 0. The summed E-state index contributed by atoms with van der Waals surface area (Å²) in [4.78, 5) is 4.81. The van der Waals surface area contributed by atoms with E-state index in [0.717, 1.165) is 52.6 Å². The zero-order valence-corrected chi connectivity index (χ0v) is 15.1. The van der Waals surface area contributed by atoms with Crippen molar-refractivity contribution in [3.05, 3.63) is 65.7 Å². The smallest absolute Gasteiger partial charge is 0.0642 e. The summed E-state index contributed by atoms with van der Waals surface area (Å²) in [6.45, 7) is 7.03. The molecule has 2 aliphatic rings. The van der Waals surface area contributed by atoms with E-state index in [9.17, 15) is 0 Å².